The van der Waals surface area contributed by atoms with Gasteiger partial charge in [-0.15, -0.1) is 11.8 Å². The van der Waals surface area contributed by atoms with E-state index in [1.54, 1.807) is 0 Å². The van der Waals surface area contributed by atoms with Crippen molar-refractivity contribution in [3.05, 3.63) is 23.1 Å². The molecule has 0 amide bonds. The van der Waals surface area contributed by atoms with Crippen LogP contribution in [0, 0.1) is 10.8 Å². The standard InChI is InChI=1S/C13H24S/c1-9-10(12(2,3)4)11(14-8)13(5,6)7/h9H,1H2,2-8H3/b11-10+. The summed E-state index contributed by atoms with van der Waals surface area (Å²) in [5, 5.41) is 0. The molecule has 0 atom stereocenters. The molecule has 0 aromatic rings. The lowest BCUT2D eigenvalue weighted by Crippen LogP contribution is -2.16. The van der Waals surface area contributed by atoms with Gasteiger partial charge in [-0.2, -0.15) is 0 Å². The number of rotatable bonds is 2. The molecule has 0 saturated heterocycles. The summed E-state index contributed by atoms with van der Waals surface area (Å²) in [5.74, 6) is 0. The topological polar surface area (TPSA) is 0 Å². The Morgan fingerprint density at radius 1 is 1.00 bits per heavy atom. The monoisotopic (exact) mass is 212 g/mol. The molecule has 0 aromatic carbocycles. The van der Waals surface area contributed by atoms with E-state index in [4.69, 9.17) is 0 Å². The SMILES string of the molecule is C=C/C(=C(\SC)C(C)(C)C)C(C)(C)C. The molecule has 0 fully saturated rings. The molecule has 0 aliphatic rings. The third-order valence-corrected chi connectivity index (χ3v) is 3.38. The Morgan fingerprint density at radius 3 is 1.50 bits per heavy atom. The highest BCUT2D eigenvalue weighted by Gasteiger charge is 2.25. The number of thioether (sulfide) groups is 1. The summed E-state index contributed by atoms with van der Waals surface area (Å²) in [6, 6.07) is 0. The van der Waals surface area contributed by atoms with E-state index in [2.05, 4.69) is 54.4 Å². The van der Waals surface area contributed by atoms with E-state index in [0.717, 1.165) is 0 Å². The molecular weight excluding hydrogens is 188 g/mol. The highest BCUT2D eigenvalue weighted by Crippen LogP contribution is 2.41. The summed E-state index contributed by atoms with van der Waals surface area (Å²) in [4.78, 5) is 1.44. The number of hydrogen-bond donors (Lipinski definition) is 0. The van der Waals surface area contributed by atoms with Gasteiger partial charge in [0.15, 0.2) is 0 Å². The third kappa shape index (κ3) is 3.53. The van der Waals surface area contributed by atoms with Gasteiger partial charge < -0.3 is 0 Å². The van der Waals surface area contributed by atoms with Gasteiger partial charge in [0.1, 0.15) is 0 Å². The van der Waals surface area contributed by atoms with Crippen LogP contribution in [0.4, 0.5) is 0 Å². The van der Waals surface area contributed by atoms with Crippen LogP contribution < -0.4 is 0 Å². The normalized spacial score (nSPS) is 15.1. The summed E-state index contributed by atoms with van der Waals surface area (Å²) in [6.07, 6.45) is 4.16. The number of allylic oxidation sites excluding steroid dienone is 3. The van der Waals surface area contributed by atoms with Crippen molar-refractivity contribution in [1.82, 2.24) is 0 Å². The van der Waals surface area contributed by atoms with Gasteiger partial charge in [0.25, 0.3) is 0 Å². The molecule has 0 spiro atoms. The van der Waals surface area contributed by atoms with Crippen molar-refractivity contribution < 1.29 is 0 Å². The molecule has 0 aromatic heterocycles. The minimum absolute atomic E-state index is 0.188. The lowest BCUT2D eigenvalue weighted by atomic mass is 9.81. The van der Waals surface area contributed by atoms with Gasteiger partial charge in [-0.3, -0.25) is 0 Å². The first-order valence-corrected chi connectivity index (χ1v) is 6.28. The highest BCUT2D eigenvalue weighted by molar-refractivity contribution is 8.02. The van der Waals surface area contributed by atoms with Gasteiger partial charge in [0.05, 0.1) is 0 Å². The average Bonchev–Trinajstić information content (AvgIpc) is 1.94. The Bertz CT molecular complexity index is 233. The largest absolute Gasteiger partial charge is 0.133 e. The van der Waals surface area contributed by atoms with Gasteiger partial charge in [0, 0.05) is 0 Å². The fourth-order valence-electron chi connectivity index (χ4n) is 1.56. The van der Waals surface area contributed by atoms with Gasteiger partial charge in [-0.1, -0.05) is 54.2 Å². The molecule has 0 nitrogen and oxygen atoms in total. The lowest BCUT2D eigenvalue weighted by Gasteiger charge is -2.30. The van der Waals surface area contributed by atoms with Gasteiger partial charge >= 0.3 is 0 Å². The molecule has 0 saturated carbocycles. The average molecular weight is 212 g/mol. The summed E-state index contributed by atoms with van der Waals surface area (Å²) in [7, 11) is 0. The maximum Gasteiger partial charge on any atom is -0.00643 e. The van der Waals surface area contributed by atoms with Crippen molar-refractivity contribution >= 4 is 11.8 Å². The van der Waals surface area contributed by atoms with E-state index in [1.165, 1.54) is 10.5 Å². The molecule has 0 radical (unpaired) electrons. The van der Waals surface area contributed by atoms with E-state index in [0.29, 0.717) is 0 Å². The maximum absolute atomic E-state index is 3.94. The molecule has 82 valence electrons. The third-order valence-electron chi connectivity index (χ3n) is 2.14. The second kappa shape index (κ2) is 4.57. The Balaban J connectivity index is 5.48. The van der Waals surface area contributed by atoms with Crippen LogP contribution in [0.25, 0.3) is 0 Å². The van der Waals surface area contributed by atoms with Crippen LogP contribution in [-0.4, -0.2) is 6.26 Å². The molecule has 0 unspecified atom stereocenters. The zero-order valence-electron chi connectivity index (χ0n) is 10.7. The zero-order valence-corrected chi connectivity index (χ0v) is 11.5. The quantitative estimate of drug-likeness (QED) is 0.588. The van der Waals surface area contributed by atoms with Gasteiger partial charge in [-0.25, -0.2) is 0 Å². The Kier molecular flexibility index (Phi) is 4.51. The van der Waals surface area contributed by atoms with E-state index >= 15 is 0 Å². The van der Waals surface area contributed by atoms with E-state index in [9.17, 15) is 0 Å². The van der Waals surface area contributed by atoms with E-state index < -0.39 is 0 Å². The van der Waals surface area contributed by atoms with Gasteiger partial charge in [0.2, 0.25) is 0 Å². The molecule has 0 rings (SSSR count). The molecular formula is C13H24S. The van der Waals surface area contributed by atoms with Crippen LogP contribution in [0.15, 0.2) is 23.1 Å². The van der Waals surface area contributed by atoms with Crippen molar-refractivity contribution in [3.63, 3.8) is 0 Å². The van der Waals surface area contributed by atoms with Crippen molar-refractivity contribution in [2.45, 2.75) is 41.5 Å². The molecule has 1 heteroatoms. The van der Waals surface area contributed by atoms with E-state index in [-0.39, 0.29) is 10.8 Å². The highest BCUT2D eigenvalue weighted by atomic mass is 32.2. The fourth-order valence-corrected chi connectivity index (χ4v) is 2.78. The van der Waals surface area contributed by atoms with Crippen LogP contribution in [0.5, 0.6) is 0 Å². The van der Waals surface area contributed by atoms with Gasteiger partial charge in [-0.05, 0) is 27.6 Å². The van der Waals surface area contributed by atoms with Crippen molar-refractivity contribution in [2.24, 2.45) is 10.8 Å². The zero-order chi connectivity index (χ0) is 11.6. The first kappa shape index (κ1) is 13.8. The smallest absolute Gasteiger partial charge is 0.00643 e. The summed E-state index contributed by atoms with van der Waals surface area (Å²) >= 11 is 1.84. The minimum atomic E-state index is 0.188. The molecule has 0 heterocycles. The summed E-state index contributed by atoms with van der Waals surface area (Å²) < 4.78 is 0. The van der Waals surface area contributed by atoms with Crippen molar-refractivity contribution in [3.8, 4) is 0 Å². The van der Waals surface area contributed by atoms with Crippen LogP contribution in [0.1, 0.15) is 41.5 Å². The predicted molar refractivity (Wildman–Crippen MR) is 69.6 cm³/mol. The molecule has 0 aliphatic carbocycles. The van der Waals surface area contributed by atoms with E-state index in [1.807, 2.05) is 17.8 Å². The predicted octanol–water partition coefficient (Wildman–Crippen LogP) is 4.88. The minimum Gasteiger partial charge on any atom is -0.133 e. The van der Waals surface area contributed by atoms with Crippen LogP contribution in [-0.2, 0) is 0 Å². The second-order valence-corrected chi connectivity index (χ2v) is 6.47. The summed E-state index contributed by atoms with van der Waals surface area (Å²) in [6.45, 7) is 17.4. The lowest BCUT2D eigenvalue weighted by molar-refractivity contribution is 0.475. The Labute approximate surface area is 93.9 Å². The van der Waals surface area contributed by atoms with Crippen LogP contribution >= 0.6 is 11.8 Å². The summed E-state index contributed by atoms with van der Waals surface area (Å²) in [5.41, 5.74) is 1.78. The molecule has 0 bridgehead atoms. The first-order chi connectivity index (χ1) is 6.14. The molecule has 14 heavy (non-hydrogen) atoms. The van der Waals surface area contributed by atoms with Crippen LogP contribution in [0.2, 0.25) is 0 Å². The molecule has 0 N–H and O–H groups in total. The first-order valence-electron chi connectivity index (χ1n) is 5.06. The second-order valence-electron chi connectivity index (χ2n) is 5.65. The van der Waals surface area contributed by atoms with Crippen LogP contribution in [0.3, 0.4) is 0 Å². The Morgan fingerprint density at radius 2 is 1.43 bits per heavy atom. The van der Waals surface area contributed by atoms with Crippen molar-refractivity contribution in [2.75, 3.05) is 6.26 Å². The van der Waals surface area contributed by atoms with Crippen molar-refractivity contribution in [1.29, 1.82) is 0 Å². The fraction of sp³-hybridized carbons (Fsp3) is 0.692. The molecule has 0 aliphatic heterocycles. The maximum atomic E-state index is 3.94. The number of hydrogen-bond acceptors (Lipinski definition) is 1. The Hall–Kier alpha value is -0.170.